The number of aryl methyl sites for hydroxylation is 2. The molecule has 0 radical (unpaired) electrons. The van der Waals surface area contributed by atoms with E-state index in [1.807, 2.05) is 0 Å². The fraction of sp³-hybridized carbons (Fsp3) is 0.278. The van der Waals surface area contributed by atoms with Gasteiger partial charge in [0.2, 0.25) is 0 Å². The maximum atomic E-state index is 6.06. The predicted molar refractivity (Wildman–Crippen MR) is 91.7 cm³/mol. The lowest BCUT2D eigenvalue weighted by Gasteiger charge is -2.26. The van der Waals surface area contributed by atoms with Crippen LogP contribution in [0.4, 0.5) is 0 Å². The van der Waals surface area contributed by atoms with Crippen molar-refractivity contribution in [2.75, 3.05) is 0 Å². The third-order valence-corrected chi connectivity index (χ3v) is 4.99. The summed E-state index contributed by atoms with van der Waals surface area (Å²) in [5, 5.41) is 1.08. The summed E-state index contributed by atoms with van der Waals surface area (Å²) in [4.78, 5) is 4.63. The number of aliphatic imine (C=N–C) groups is 1. The van der Waals surface area contributed by atoms with Crippen molar-refractivity contribution in [3.05, 3.63) is 70.8 Å². The Morgan fingerprint density at radius 2 is 1.43 bits per heavy atom. The average Bonchev–Trinajstić information content (AvgIpc) is 2.48. The smallest absolute Gasteiger partial charge is 0.155 e. The summed E-state index contributed by atoms with van der Waals surface area (Å²) in [6.45, 7) is 4.22. The number of benzene rings is 2. The van der Waals surface area contributed by atoms with E-state index in [2.05, 4.69) is 67.4 Å². The van der Waals surface area contributed by atoms with Crippen LogP contribution in [0.15, 0.2) is 53.5 Å². The van der Waals surface area contributed by atoms with E-state index in [-0.39, 0.29) is 6.04 Å². The summed E-state index contributed by atoms with van der Waals surface area (Å²) >= 11 is 1.67. The van der Waals surface area contributed by atoms with Crippen LogP contribution in [-0.2, 0) is 0 Å². The number of thioether (sulfide) groups is 1. The van der Waals surface area contributed by atoms with E-state index in [0.29, 0.717) is 10.4 Å². The molecule has 2 atom stereocenters. The van der Waals surface area contributed by atoms with Crippen LogP contribution in [0.5, 0.6) is 0 Å². The van der Waals surface area contributed by atoms with Gasteiger partial charge in [-0.05, 0) is 31.4 Å². The van der Waals surface area contributed by atoms with E-state index in [1.54, 1.807) is 11.8 Å². The highest BCUT2D eigenvalue weighted by Crippen LogP contribution is 2.42. The van der Waals surface area contributed by atoms with Gasteiger partial charge in [0.05, 0.1) is 6.04 Å². The lowest BCUT2D eigenvalue weighted by Crippen LogP contribution is -2.18. The Morgan fingerprint density at radius 3 is 2.00 bits per heavy atom. The molecule has 0 saturated heterocycles. The molecule has 1 heterocycles. The molecule has 108 valence electrons. The van der Waals surface area contributed by atoms with Gasteiger partial charge < -0.3 is 5.73 Å². The molecule has 0 aliphatic carbocycles. The van der Waals surface area contributed by atoms with Crippen LogP contribution >= 0.6 is 11.8 Å². The standard InChI is InChI=1S/C18H20N2S/c1-12-3-7-14(8-4-12)16-11-17(21-18(19)20-16)15-9-5-13(2)6-10-15/h3-10,16-17H,11H2,1-2H3,(H2,19,20)/t16-,17+/m0/s1. The lowest BCUT2D eigenvalue weighted by molar-refractivity contribution is 0.639. The van der Waals surface area contributed by atoms with Crippen molar-refractivity contribution in [2.45, 2.75) is 31.6 Å². The first kappa shape index (κ1) is 14.2. The van der Waals surface area contributed by atoms with Gasteiger partial charge >= 0.3 is 0 Å². The number of nitrogens with two attached hydrogens (primary N) is 1. The van der Waals surface area contributed by atoms with Crippen molar-refractivity contribution >= 4 is 16.9 Å². The summed E-state index contributed by atoms with van der Waals surface area (Å²) in [7, 11) is 0. The van der Waals surface area contributed by atoms with Gasteiger partial charge in [-0.2, -0.15) is 0 Å². The molecule has 1 aliphatic rings. The molecular weight excluding hydrogens is 276 g/mol. The molecule has 0 aromatic heterocycles. The van der Waals surface area contributed by atoms with Crippen molar-refractivity contribution in [3.63, 3.8) is 0 Å². The van der Waals surface area contributed by atoms with Crippen LogP contribution in [-0.4, -0.2) is 5.17 Å². The van der Waals surface area contributed by atoms with E-state index in [0.717, 1.165) is 6.42 Å². The van der Waals surface area contributed by atoms with Gasteiger partial charge in [-0.25, -0.2) is 0 Å². The number of hydrogen-bond donors (Lipinski definition) is 1. The first-order valence-corrected chi connectivity index (χ1v) is 8.13. The van der Waals surface area contributed by atoms with Gasteiger partial charge in [0.25, 0.3) is 0 Å². The Bertz CT molecular complexity index is 644. The predicted octanol–water partition coefficient (Wildman–Crippen LogP) is 4.54. The minimum atomic E-state index is 0.165. The van der Waals surface area contributed by atoms with Crippen LogP contribution in [0, 0.1) is 13.8 Å². The average molecular weight is 296 g/mol. The summed E-state index contributed by atoms with van der Waals surface area (Å²) in [5.74, 6) is 0. The summed E-state index contributed by atoms with van der Waals surface area (Å²) < 4.78 is 0. The van der Waals surface area contributed by atoms with E-state index >= 15 is 0 Å². The normalized spacial score (nSPS) is 21.9. The summed E-state index contributed by atoms with van der Waals surface area (Å²) in [5.41, 5.74) is 11.2. The minimum absolute atomic E-state index is 0.165. The first-order valence-electron chi connectivity index (χ1n) is 7.25. The highest BCUT2D eigenvalue weighted by atomic mass is 32.2. The van der Waals surface area contributed by atoms with Crippen LogP contribution in [0.2, 0.25) is 0 Å². The van der Waals surface area contributed by atoms with E-state index in [1.165, 1.54) is 22.3 Å². The molecule has 2 N–H and O–H groups in total. The lowest BCUT2D eigenvalue weighted by atomic mass is 9.97. The number of nitrogens with zero attached hydrogens (tertiary/aromatic N) is 1. The maximum absolute atomic E-state index is 6.06. The first-order chi connectivity index (χ1) is 10.1. The Balaban J connectivity index is 1.85. The molecule has 1 aliphatic heterocycles. The molecule has 0 saturated carbocycles. The molecule has 3 heteroatoms. The third-order valence-electron chi connectivity index (χ3n) is 3.89. The second-order valence-electron chi connectivity index (χ2n) is 5.65. The topological polar surface area (TPSA) is 38.4 Å². The summed E-state index contributed by atoms with van der Waals surface area (Å²) in [6.07, 6.45) is 0.998. The van der Waals surface area contributed by atoms with Crippen LogP contribution in [0.3, 0.4) is 0 Å². The fourth-order valence-corrected chi connectivity index (χ4v) is 3.67. The van der Waals surface area contributed by atoms with Gasteiger partial charge in [-0.3, -0.25) is 4.99 Å². The van der Waals surface area contributed by atoms with Gasteiger partial charge in [0, 0.05) is 5.25 Å². The Hall–Kier alpha value is -1.74. The quantitative estimate of drug-likeness (QED) is 0.883. The highest BCUT2D eigenvalue weighted by Gasteiger charge is 2.25. The second kappa shape index (κ2) is 5.94. The molecule has 0 spiro atoms. The molecular formula is C18H20N2S. The van der Waals surface area contributed by atoms with Crippen LogP contribution < -0.4 is 5.73 Å². The zero-order chi connectivity index (χ0) is 14.8. The fourth-order valence-electron chi connectivity index (χ4n) is 2.62. The molecule has 2 aromatic carbocycles. The molecule has 0 amide bonds. The molecule has 21 heavy (non-hydrogen) atoms. The zero-order valence-corrected chi connectivity index (χ0v) is 13.2. The minimum Gasteiger partial charge on any atom is -0.379 e. The van der Waals surface area contributed by atoms with Gasteiger partial charge in [-0.1, -0.05) is 71.4 Å². The molecule has 0 bridgehead atoms. The molecule has 0 fully saturated rings. The van der Waals surface area contributed by atoms with Gasteiger partial charge in [0.15, 0.2) is 5.17 Å². The van der Waals surface area contributed by atoms with E-state index < -0.39 is 0 Å². The molecule has 0 unspecified atom stereocenters. The molecule has 3 rings (SSSR count). The third kappa shape index (κ3) is 3.30. The highest BCUT2D eigenvalue weighted by molar-refractivity contribution is 8.14. The Morgan fingerprint density at radius 1 is 0.905 bits per heavy atom. The van der Waals surface area contributed by atoms with E-state index in [9.17, 15) is 0 Å². The maximum Gasteiger partial charge on any atom is 0.155 e. The van der Waals surface area contributed by atoms with Crippen molar-refractivity contribution in [2.24, 2.45) is 10.7 Å². The van der Waals surface area contributed by atoms with Crippen LogP contribution in [0.25, 0.3) is 0 Å². The van der Waals surface area contributed by atoms with Gasteiger partial charge in [-0.15, -0.1) is 0 Å². The second-order valence-corrected chi connectivity index (χ2v) is 6.87. The van der Waals surface area contributed by atoms with Crippen molar-refractivity contribution in [1.29, 1.82) is 0 Å². The zero-order valence-electron chi connectivity index (χ0n) is 12.4. The molecule has 2 nitrogen and oxygen atoms in total. The van der Waals surface area contributed by atoms with Crippen molar-refractivity contribution < 1.29 is 0 Å². The SMILES string of the molecule is Cc1ccc([C@@H]2C[C@H](c3ccc(C)cc3)SC(N)=N2)cc1. The molecule has 2 aromatic rings. The summed E-state index contributed by atoms with van der Waals surface area (Å²) in [6, 6.07) is 17.5. The van der Waals surface area contributed by atoms with E-state index in [4.69, 9.17) is 5.73 Å². The Kier molecular flexibility index (Phi) is 4.02. The number of amidine groups is 1. The van der Waals surface area contributed by atoms with Gasteiger partial charge in [0.1, 0.15) is 0 Å². The van der Waals surface area contributed by atoms with Crippen LogP contribution in [0.1, 0.15) is 40.0 Å². The number of hydrogen-bond acceptors (Lipinski definition) is 3. The van der Waals surface area contributed by atoms with Crippen molar-refractivity contribution in [3.8, 4) is 0 Å². The largest absolute Gasteiger partial charge is 0.379 e. The Labute approximate surface area is 130 Å². The van der Waals surface area contributed by atoms with Crippen molar-refractivity contribution in [1.82, 2.24) is 0 Å². The monoisotopic (exact) mass is 296 g/mol. The number of rotatable bonds is 2.